The maximum absolute atomic E-state index is 10.9. The smallest absolute Gasteiger partial charge is 0.384 e. The van der Waals surface area contributed by atoms with E-state index in [1.165, 1.54) is 0 Å². The standard InChI is InChI=1S/2C3H5F3O.Ti/c2*1-2(7)3(4,5)6;/h2*2,7H,1H3;. The van der Waals surface area contributed by atoms with Gasteiger partial charge in [-0.05, 0) is 13.8 Å². The molecule has 15 heavy (non-hydrogen) atoms. The minimum atomic E-state index is -4.44. The van der Waals surface area contributed by atoms with Crippen LogP contribution in [-0.4, -0.2) is 34.8 Å². The minimum absolute atomic E-state index is 0. The van der Waals surface area contributed by atoms with Crippen LogP contribution in [0, 0.1) is 0 Å². The molecule has 0 heterocycles. The summed E-state index contributed by atoms with van der Waals surface area (Å²) in [7, 11) is 0. The van der Waals surface area contributed by atoms with Crippen molar-refractivity contribution in [1.82, 2.24) is 0 Å². The molecule has 0 aliphatic rings. The van der Waals surface area contributed by atoms with Crippen molar-refractivity contribution in [2.75, 3.05) is 0 Å². The number of aliphatic hydroxyl groups excluding tert-OH is 2. The van der Waals surface area contributed by atoms with Crippen LogP contribution in [0.3, 0.4) is 0 Å². The number of hydrogen-bond acceptors (Lipinski definition) is 2. The average molecular weight is 276 g/mol. The molecule has 9 heteroatoms. The molecule has 0 rings (SSSR count). The van der Waals surface area contributed by atoms with Crippen LogP contribution < -0.4 is 0 Å². The van der Waals surface area contributed by atoms with Crippen molar-refractivity contribution in [3.63, 3.8) is 0 Å². The molecule has 2 N–H and O–H groups in total. The summed E-state index contributed by atoms with van der Waals surface area (Å²) in [6.45, 7) is 1.36. The molecule has 0 aliphatic heterocycles. The summed E-state index contributed by atoms with van der Waals surface area (Å²) < 4.78 is 65.6. The van der Waals surface area contributed by atoms with Gasteiger partial charge in [-0.1, -0.05) is 0 Å². The van der Waals surface area contributed by atoms with Gasteiger partial charge >= 0.3 is 12.4 Å². The third-order valence-corrected chi connectivity index (χ3v) is 0.947. The van der Waals surface area contributed by atoms with E-state index >= 15 is 0 Å². The normalized spacial score (nSPS) is 15.6. The maximum atomic E-state index is 10.9. The summed E-state index contributed by atoms with van der Waals surface area (Å²) in [4.78, 5) is 0. The molecule has 0 saturated carbocycles. The van der Waals surface area contributed by atoms with E-state index < -0.39 is 24.6 Å². The Morgan fingerprint density at radius 2 is 0.800 bits per heavy atom. The van der Waals surface area contributed by atoms with Crippen molar-refractivity contribution < 1.29 is 58.3 Å². The maximum Gasteiger partial charge on any atom is 0.414 e. The second-order valence-corrected chi connectivity index (χ2v) is 2.44. The summed E-state index contributed by atoms with van der Waals surface area (Å²) >= 11 is 0. The number of halogens is 6. The van der Waals surface area contributed by atoms with E-state index in [1.54, 1.807) is 0 Å². The van der Waals surface area contributed by atoms with Gasteiger partial charge in [-0.2, -0.15) is 26.3 Å². The summed E-state index contributed by atoms with van der Waals surface area (Å²) in [5.41, 5.74) is 0. The van der Waals surface area contributed by atoms with Gasteiger partial charge in [-0.25, -0.2) is 0 Å². The van der Waals surface area contributed by atoms with E-state index in [9.17, 15) is 26.3 Å². The van der Waals surface area contributed by atoms with Crippen LogP contribution >= 0.6 is 0 Å². The molecule has 2 atom stereocenters. The van der Waals surface area contributed by atoms with Crippen molar-refractivity contribution in [3.05, 3.63) is 0 Å². The zero-order chi connectivity index (χ0) is 12.2. The first kappa shape index (κ1) is 20.6. The van der Waals surface area contributed by atoms with Gasteiger partial charge in [0.1, 0.15) is 12.2 Å². The zero-order valence-electron chi connectivity index (χ0n) is 7.82. The quantitative estimate of drug-likeness (QED) is 0.523. The Kier molecular flexibility index (Phi) is 10.3. The van der Waals surface area contributed by atoms with Crippen molar-refractivity contribution in [1.29, 1.82) is 0 Å². The fraction of sp³-hybridized carbons (Fsp3) is 1.00. The Balaban J connectivity index is -0.000000180. The Morgan fingerprint density at radius 3 is 0.800 bits per heavy atom. The monoisotopic (exact) mass is 276 g/mol. The first-order chi connectivity index (χ1) is 5.89. The fourth-order valence-electron chi connectivity index (χ4n) is 0. The molecule has 0 aliphatic carbocycles. The van der Waals surface area contributed by atoms with Gasteiger partial charge in [0.2, 0.25) is 0 Å². The summed E-state index contributed by atoms with van der Waals surface area (Å²) in [6, 6.07) is 0. The first-order valence-corrected chi connectivity index (χ1v) is 3.38. The van der Waals surface area contributed by atoms with Crippen molar-refractivity contribution in [3.8, 4) is 0 Å². The van der Waals surface area contributed by atoms with Crippen LogP contribution in [0.15, 0.2) is 0 Å². The molecule has 2 nitrogen and oxygen atoms in total. The van der Waals surface area contributed by atoms with E-state index in [0.29, 0.717) is 13.8 Å². The summed E-state index contributed by atoms with van der Waals surface area (Å²) in [6.07, 6.45) is -13.3. The van der Waals surface area contributed by atoms with E-state index in [1.807, 2.05) is 0 Å². The second-order valence-electron chi connectivity index (χ2n) is 2.44. The summed E-state index contributed by atoms with van der Waals surface area (Å²) in [5.74, 6) is 0. The Bertz CT molecular complexity index is 135. The van der Waals surface area contributed by atoms with Crippen molar-refractivity contribution >= 4 is 0 Å². The third-order valence-electron chi connectivity index (χ3n) is 0.947. The fourth-order valence-corrected chi connectivity index (χ4v) is 0. The SMILES string of the molecule is CC(O)C(F)(F)F.CC(O)C(F)(F)F.[Ti]. The second kappa shape index (κ2) is 7.48. The van der Waals surface area contributed by atoms with E-state index in [-0.39, 0.29) is 21.7 Å². The molecular formula is C6H10F6O2Ti. The van der Waals surface area contributed by atoms with Gasteiger partial charge in [-0.3, -0.25) is 0 Å². The molecule has 0 aromatic heterocycles. The molecule has 0 amide bonds. The first-order valence-electron chi connectivity index (χ1n) is 3.38. The van der Waals surface area contributed by atoms with E-state index in [0.717, 1.165) is 0 Å². The summed E-state index contributed by atoms with van der Waals surface area (Å²) in [5, 5.41) is 15.5. The molecule has 0 radical (unpaired) electrons. The molecule has 0 aromatic carbocycles. The minimum Gasteiger partial charge on any atom is -0.384 e. The Labute approximate surface area is 97.2 Å². The number of hydrogen-bond donors (Lipinski definition) is 2. The number of alkyl halides is 6. The number of aliphatic hydroxyl groups is 2. The van der Waals surface area contributed by atoms with Crippen LogP contribution in [-0.2, 0) is 21.7 Å². The molecule has 2 unspecified atom stereocenters. The van der Waals surface area contributed by atoms with E-state index in [2.05, 4.69) is 0 Å². The third kappa shape index (κ3) is 14.2. The molecule has 0 spiro atoms. The van der Waals surface area contributed by atoms with Gasteiger partial charge in [0.25, 0.3) is 0 Å². The van der Waals surface area contributed by atoms with Crippen LogP contribution in [0.1, 0.15) is 13.8 Å². The molecule has 0 aromatic rings. The molecule has 92 valence electrons. The molecule has 0 saturated heterocycles. The van der Waals surface area contributed by atoms with Gasteiger partial charge in [-0.15, -0.1) is 0 Å². The van der Waals surface area contributed by atoms with Crippen LogP contribution in [0.25, 0.3) is 0 Å². The van der Waals surface area contributed by atoms with Crippen molar-refractivity contribution in [2.45, 2.75) is 38.4 Å². The van der Waals surface area contributed by atoms with Gasteiger partial charge in [0.15, 0.2) is 0 Å². The van der Waals surface area contributed by atoms with Crippen LogP contribution in [0.5, 0.6) is 0 Å². The van der Waals surface area contributed by atoms with Gasteiger partial charge < -0.3 is 10.2 Å². The van der Waals surface area contributed by atoms with Crippen molar-refractivity contribution in [2.24, 2.45) is 0 Å². The van der Waals surface area contributed by atoms with E-state index in [4.69, 9.17) is 10.2 Å². The van der Waals surface area contributed by atoms with Crippen LogP contribution in [0.2, 0.25) is 0 Å². The molecule has 0 bridgehead atoms. The van der Waals surface area contributed by atoms with Gasteiger partial charge in [0, 0.05) is 21.7 Å². The molecule has 0 fully saturated rings. The number of rotatable bonds is 0. The average Bonchev–Trinajstić information content (AvgIpc) is 1.83. The Hall–Kier alpha value is 0.214. The predicted molar refractivity (Wildman–Crippen MR) is 35.5 cm³/mol. The van der Waals surface area contributed by atoms with Gasteiger partial charge in [0.05, 0.1) is 0 Å². The predicted octanol–water partition coefficient (Wildman–Crippen LogP) is 1.86. The zero-order valence-corrected chi connectivity index (χ0v) is 9.38. The Morgan fingerprint density at radius 1 is 0.733 bits per heavy atom. The largest absolute Gasteiger partial charge is 0.414 e. The molecular weight excluding hydrogens is 266 g/mol. The van der Waals surface area contributed by atoms with Crippen LogP contribution in [0.4, 0.5) is 26.3 Å². The topological polar surface area (TPSA) is 40.5 Å².